The van der Waals surface area contributed by atoms with Crippen molar-refractivity contribution >= 4 is 28.5 Å². The van der Waals surface area contributed by atoms with Gasteiger partial charge in [0.25, 0.3) is 0 Å². The Morgan fingerprint density at radius 3 is 2.75 bits per heavy atom. The first-order valence-electron chi connectivity index (χ1n) is 5.56. The van der Waals surface area contributed by atoms with Crippen molar-refractivity contribution in [3.05, 3.63) is 16.0 Å². The molecule has 0 radical (unpaired) electrons. The smallest absolute Gasteiger partial charge is 0.225 e. The zero-order valence-corrected chi connectivity index (χ0v) is 11.9. The molecule has 0 aliphatic carbocycles. The third-order valence-corrected chi connectivity index (χ3v) is 3.37. The molecule has 1 unspecified atom stereocenters. The Kier molecular flexibility index (Phi) is 3.96. The van der Waals surface area contributed by atoms with E-state index in [2.05, 4.69) is 56.5 Å². The van der Waals surface area contributed by atoms with Gasteiger partial charge in [0.1, 0.15) is 0 Å². The van der Waals surface area contributed by atoms with Gasteiger partial charge in [0.2, 0.25) is 5.95 Å². The van der Waals surface area contributed by atoms with Crippen LogP contribution in [0.2, 0.25) is 0 Å². The summed E-state index contributed by atoms with van der Waals surface area (Å²) in [6.07, 6.45) is 6.25. The first kappa shape index (κ1) is 12.0. The molecule has 88 valence electrons. The van der Waals surface area contributed by atoms with E-state index >= 15 is 0 Å². The van der Waals surface area contributed by atoms with E-state index in [0.717, 1.165) is 22.6 Å². The maximum absolute atomic E-state index is 4.41. The molecule has 1 aromatic rings. The summed E-state index contributed by atoms with van der Waals surface area (Å²) in [5, 5.41) is 0. The Bertz CT molecular complexity index is 338. The highest BCUT2D eigenvalue weighted by Gasteiger charge is 2.26. The first-order valence-corrected chi connectivity index (χ1v) is 6.63. The topological polar surface area (TPSA) is 32.3 Å². The maximum atomic E-state index is 4.41. The molecule has 0 aromatic carbocycles. The molecule has 4 nitrogen and oxygen atoms in total. The lowest BCUT2D eigenvalue weighted by atomic mass is 10.2. The molecule has 0 amide bonds. The number of hydrogen-bond acceptors (Lipinski definition) is 4. The average Bonchev–Trinajstić information content (AvgIpc) is 2.66. The molecule has 5 heteroatoms. The summed E-state index contributed by atoms with van der Waals surface area (Å²) in [6.45, 7) is 2.16. The fourth-order valence-electron chi connectivity index (χ4n) is 2.16. The minimum Gasteiger partial charge on any atom is -0.337 e. The lowest BCUT2D eigenvalue weighted by Gasteiger charge is -2.26. The fraction of sp³-hybridized carbons (Fsp3) is 0.636. The van der Waals surface area contributed by atoms with E-state index in [1.54, 1.807) is 0 Å². The molecule has 0 spiro atoms. The van der Waals surface area contributed by atoms with Crippen molar-refractivity contribution in [1.82, 2.24) is 14.9 Å². The van der Waals surface area contributed by atoms with Crippen LogP contribution in [0.3, 0.4) is 0 Å². The van der Waals surface area contributed by atoms with Crippen LogP contribution in [-0.2, 0) is 0 Å². The van der Waals surface area contributed by atoms with Crippen LogP contribution in [0.5, 0.6) is 0 Å². The van der Waals surface area contributed by atoms with Gasteiger partial charge in [-0.05, 0) is 49.5 Å². The second kappa shape index (κ2) is 5.27. The first-order chi connectivity index (χ1) is 7.66. The standard InChI is InChI=1S/C11H17IN4/c1-15(2)8-10-4-3-5-16(10)11-13-6-9(12)7-14-11/h6-7,10H,3-5,8H2,1-2H3. The van der Waals surface area contributed by atoms with Gasteiger partial charge >= 0.3 is 0 Å². The van der Waals surface area contributed by atoms with Crippen LogP contribution in [0, 0.1) is 3.57 Å². The Labute approximate surface area is 110 Å². The van der Waals surface area contributed by atoms with Crippen molar-refractivity contribution in [1.29, 1.82) is 0 Å². The van der Waals surface area contributed by atoms with Gasteiger partial charge in [-0.1, -0.05) is 0 Å². The minimum absolute atomic E-state index is 0.565. The van der Waals surface area contributed by atoms with E-state index in [1.165, 1.54) is 12.8 Å². The van der Waals surface area contributed by atoms with Crippen molar-refractivity contribution < 1.29 is 0 Å². The quantitative estimate of drug-likeness (QED) is 0.788. The zero-order valence-electron chi connectivity index (χ0n) is 9.73. The summed E-state index contributed by atoms with van der Waals surface area (Å²) >= 11 is 2.23. The van der Waals surface area contributed by atoms with Crippen LogP contribution in [0.25, 0.3) is 0 Å². The Morgan fingerprint density at radius 1 is 1.44 bits per heavy atom. The molecule has 1 saturated heterocycles. The summed E-state index contributed by atoms with van der Waals surface area (Å²) in [6, 6.07) is 0.565. The highest BCUT2D eigenvalue weighted by Crippen LogP contribution is 2.22. The number of likely N-dealkylation sites (N-methyl/N-ethyl adjacent to an activating group) is 1. The summed E-state index contributed by atoms with van der Waals surface area (Å²) in [4.78, 5) is 13.4. The summed E-state index contributed by atoms with van der Waals surface area (Å²) in [5.41, 5.74) is 0. The van der Waals surface area contributed by atoms with Crippen LogP contribution < -0.4 is 4.90 Å². The lowest BCUT2D eigenvalue weighted by Crippen LogP contribution is -2.38. The molecule has 0 N–H and O–H groups in total. The number of aromatic nitrogens is 2. The van der Waals surface area contributed by atoms with E-state index in [9.17, 15) is 0 Å². The van der Waals surface area contributed by atoms with Crippen LogP contribution in [0.15, 0.2) is 12.4 Å². The third kappa shape index (κ3) is 2.82. The summed E-state index contributed by atoms with van der Waals surface area (Å²) in [7, 11) is 4.23. The molecule has 1 atom stereocenters. The Morgan fingerprint density at radius 2 is 2.12 bits per heavy atom. The summed E-state index contributed by atoms with van der Waals surface area (Å²) in [5.74, 6) is 0.879. The van der Waals surface area contributed by atoms with Gasteiger partial charge < -0.3 is 9.80 Å². The lowest BCUT2D eigenvalue weighted by molar-refractivity contribution is 0.371. The fourth-order valence-corrected chi connectivity index (χ4v) is 2.44. The van der Waals surface area contributed by atoms with Crippen molar-refractivity contribution in [2.75, 3.05) is 32.1 Å². The summed E-state index contributed by atoms with van der Waals surface area (Å²) < 4.78 is 1.09. The highest BCUT2D eigenvalue weighted by molar-refractivity contribution is 14.1. The maximum Gasteiger partial charge on any atom is 0.225 e. The number of rotatable bonds is 3. The minimum atomic E-state index is 0.565. The van der Waals surface area contributed by atoms with Crippen LogP contribution in [0.4, 0.5) is 5.95 Å². The van der Waals surface area contributed by atoms with Crippen LogP contribution in [-0.4, -0.2) is 48.1 Å². The molecule has 1 aliphatic rings. The largest absolute Gasteiger partial charge is 0.337 e. The van der Waals surface area contributed by atoms with Gasteiger partial charge in [-0.25, -0.2) is 9.97 Å². The van der Waals surface area contributed by atoms with E-state index in [4.69, 9.17) is 0 Å². The molecule has 1 aromatic heterocycles. The monoisotopic (exact) mass is 332 g/mol. The highest BCUT2D eigenvalue weighted by atomic mass is 127. The van der Waals surface area contributed by atoms with Crippen molar-refractivity contribution in [2.45, 2.75) is 18.9 Å². The molecule has 2 rings (SSSR count). The normalized spacial score (nSPS) is 20.8. The molecule has 1 aliphatic heterocycles. The molecule has 0 saturated carbocycles. The van der Waals surface area contributed by atoms with Crippen LogP contribution >= 0.6 is 22.6 Å². The third-order valence-electron chi connectivity index (χ3n) is 2.82. The Hall–Kier alpha value is -0.430. The van der Waals surface area contributed by atoms with Gasteiger partial charge in [0.05, 0.1) is 0 Å². The van der Waals surface area contributed by atoms with E-state index in [1.807, 2.05) is 12.4 Å². The van der Waals surface area contributed by atoms with Crippen molar-refractivity contribution in [3.8, 4) is 0 Å². The number of nitrogens with zero attached hydrogens (tertiary/aromatic N) is 4. The van der Waals surface area contributed by atoms with Crippen LogP contribution in [0.1, 0.15) is 12.8 Å². The number of anilines is 1. The second-order valence-electron chi connectivity index (χ2n) is 4.45. The predicted molar refractivity (Wildman–Crippen MR) is 73.7 cm³/mol. The van der Waals surface area contributed by atoms with Gasteiger partial charge in [-0.15, -0.1) is 0 Å². The zero-order chi connectivity index (χ0) is 11.5. The van der Waals surface area contributed by atoms with Gasteiger partial charge in [-0.3, -0.25) is 0 Å². The molecule has 16 heavy (non-hydrogen) atoms. The van der Waals surface area contributed by atoms with Gasteiger partial charge in [0, 0.05) is 35.1 Å². The van der Waals surface area contributed by atoms with Crippen molar-refractivity contribution in [2.24, 2.45) is 0 Å². The molecule has 1 fully saturated rings. The number of halogens is 1. The molecule has 2 heterocycles. The SMILES string of the molecule is CN(C)CC1CCCN1c1ncc(I)cn1. The van der Waals surface area contributed by atoms with E-state index in [-0.39, 0.29) is 0 Å². The molecular formula is C11H17IN4. The molecule has 0 bridgehead atoms. The van der Waals surface area contributed by atoms with Gasteiger partial charge in [-0.2, -0.15) is 0 Å². The Balaban J connectivity index is 2.10. The van der Waals surface area contributed by atoms with Gasteiger partial charge in [0.15, 0.2) is 0 Å². The second-order valence-corrected chi connectivity index (χ2v) is 5.70. The molecular weight excluding hydrogens is 315 g/mol. The predicted octanol–water partition coefficient (Wildman–Crippen LogP) is 1.61. The number of hydrogen-bond donors (Lipinski definition) is 0. The van der Waals surface area contributed by atoms with E-state index in [0.29, 0.717) is 6.04 Å². The van der Waals surface area contributed by atoms with Crippen molar-refractivity contribution in [3.63, 3.8) is 0 Å². The van der Waals surface area contributed by atoms with E-state index < -0.39 is 0 Å². The average molecular weight is 332 g/mol.